The molecule has 96 valence electrons. The fourth-order valence-corrected chi connectivity index (χ4v) is 4.13. The van der Waals surface area contributed by atoms with Crippen molar-refractivity contribution in [1.29, 1.82) is 0 Å². The first-order chi connectivity index (χ1) is 8.06. The Morgan fingerprint density at radius 3 is 2.71 bits per heavy atom. The number of aryl methyl sites for hydroxylation is 2. The Bertz CT molecular complexity index is 369. The molecule has 1 aromatic heterocycles. The molecule has 0 spiro atoms. The maximum atomic E-state index is 3.83. The molecule has 1 aliphatic rings. The Morgan fingerprint density at radius 2 is 2.12 bits per heavy atom. The van der Waals surface area contributed by atoms with Gasteiger partial charge in [0, 0.05) is 21.8 Å². The van der Waals surface area contributed by atoms with Gasteiger partial charge in [-0.05, 0) is 51.2 Å². The van der Waals surface area contributed by atoms with Crippen molar-refractivity contribution in [2.45, 2.75) is 65.5 Å². The fourth-order valence-electron chi connectivity index (χ4n) is 3.11. The van der Waals surface area contributed by atoms with Gasteiger partial charge in [-0.15, -0.1) is 11.3 Å². The minimum Gasteiger partial charge on any atom is -0.307 e. The summed E-state index contributed by atoms with van der Waals surface area (Å²) in [5.41, 5.74) is 1.51. The lowest BCUT2D eigenvalue weighted by Gasteiger charge is -2.30. The van der Waals surface area contributed by atoms with Crippen LogP contribution in [0.5, 0.6) is 0 Å². The minimum atomic E-state index is 0.509. The fraction of sp³-hybridized carbons (Fsp3) is 0.733. The molecular weight excluding hydrogens is 226 g/mol. The molecule has 1 nitrogen and oxygen atoms in total. The van der Waals surface area contributed by atoms with Crippen molar-refractivity contribution >= 4 is 11.3 Å². The third-order valence-corrected chi connectivity index (χ3v) is 4.95. The van der Waals surface area contributed by atoms with E-state index in [0.29, 0.717) is 6.04 Å². The van der Waals surface area contributed by atoms with Crippen LogP contribution in [-0.4, -0.2) is 6.04 Å². The summed E-state index contributed by atoms with van der Waals surface area (Å²) in [6.45, 7) is 9.15. The summed E-state index contributed by atoms with van der Waals surface area (Å²) in [6, 6.07) is 3.59. The number of thiophene rings is 1. The van der Waals surface area contributed by atoms with Crippen molar-refractivity contribution in [3.8, 4) is 0 Å². The molecule has 0 aliphatic heterocycles. The SMILES string of the molecule is Cc1cc(C(C)NC2CCCC(C)C2)c(C)s1. The van der Waals surface area contributed by atoms with Crippen LogP contribution in [0, 0.1) is 19.8 Å². The van der Waals surface area contributed by atoms with Gasteiger partial charge in [-0.2, -0.15) is 0 Å². The van der Waals surface area contributed by atoms with E-state index in [4.69, 9.17) is 0 Å². The van der Waals surface area contributed by atoms with Crippen molar-refractivity contribution in [2.24, 2.45) is 5.92 Å². The first-order valence-corrected chi connectivity index (χ1v) is 7.71. The van der Waals surface area contributed by atoms with Gasteiger partial charge < -0.3 is 5.32 Å². The molecule has 0 saturated heterocycles. The molecular formula is C15H25NS. The molecule has 3 unspecified atom stereocenters. The summed E-state index contributed by atoms with van der Waals surface area (Å²) in [5, 5.41) is 3.83. The van der Waals surface area contributed by atoms with E-state index in [0.717, 1.165) is 12.0 Å². The smallest absolute Gasteiger partial charge is 0.0305 e. The zero-order valence-electron chi connectivity index (χ0n) is 11.5. The summed E-state index contributed by atoms with van der Waals surface area (Å²) in [7, 11) is 0. The van der Waals surface area contributed by atoms with E-state index in [1.165, 1.54) is 41.0 Å². The van der Waals surface area contributed by atoms with E-state index < -0.39 is 0 Å². The van der Waals surface area contributed by atoms with Gasteiger partial charge in [-0.3, -0.25) is 0 Å². The normalized spacial score (nSPS) is 27.1. The van der Waals surface area contributed by atoms with Crippen molar-refractivity contribution < 1.29 is 0 Å². The molecule has 1 N–H and O–H groups in total. The largest absolute Gasteiger partial charge is 0.307 e. The van der Waals surface area contributed by atoms with Crippen LogP contribution in [0.25, 0.3) is 0 Å². The van der Waals surface area contributed by atoms with Crippen molar-refractivity contribution in [3.63, 3.8) is 0 Å². The summed E-state index contributed by atoms with van der Waals surface area (Å²) in [6.07, 6.45) is 5.53. The molecule has 1 heterocycles. The molecule has 2 rings (SSSR count). The number of hydrogen-bond acceptors (Lipinski definition) is 2. The molecule has 0 bridgehead atoms. The second-order valence-corrected chi connectivity index (χ2v) is 7.19. The molecule has 1 fully saturated rings. The first-order valence-electron chi connectivity index (χ1n) is 6.89. The Balaban J connectivity index is 1.96. The van der Waals surface area contributed by atoms with E-state index in [1.54, 1.807) is 0 Å². The zero-order chi connectivity index (χ0) is 12.4. The first kappa shape index (κ1) is 13.1. The second-order valence-electron chi connectivity index (χ2n) is 5.73. The lowest BCUT2D eigenvalue weighted by Crippen LogP contribution is -2.35. The van der Waals surface area contributed by atoms with E-state index in [9.17, 15) is 0 Å². The molecule has 3 atom stereocenters. The van der Waals surface area contributed by atoms with Crippen LogP contribution in [-0.2, 0) is 0 Å². The lowest BCUT2D eigenvalue weighted by molar-refractivity contribution is 0.285. The van der Waals surface area contributed by atoms with Gasteiger partial charge >= 0.3 is 0 Å². The van der Waals surface area contributed by atoms with Crippen LogP contribution in [0.4, 0.5) is 0 Å². The highest BCUT2D eigenvalue weighted by Crippen LogP contribution is 2.29. The summed E-state index contributed by atoms with van der Waals surface area (Å²) < 4.78 is 0. The van der Waals surface area contributed by atoms with E-state index in [2.05, 4.69) is 39.1 Å². The molecule has 1 aromatic rings. The van der Waals surface area contributed by atoms with Gasteiger partial charge in [-0.25, -0.2) is 0 Å². The Hall–Kier alpha value is -0.340. The highest BCUT2D eigenvalue weighted by Gasteiger charge is 2.21. The minimum absolute atomic E-state index is 0.509. The monoisotopic (exact) mass is 251 g/mol. The number of hydrogen-bond donors (Lipinski definition) is 1. The second kappa shape index (κ2) is 5.53. The van der Waals surface area contributed by atoms with E-state index >= 15 is 0 Å². The molecule has 0 radical (unpaired) electrons. The van der Waals surface area contributed by atoms with E-state index in [-0.39, 0.29) is 0 Å². The van der Waals surface area contributed by atoms with Crippen molar-refractivity contribution in [2.75, 3.05) is 0 Å². The van der Waals surface area contributed by atoms with Gasteiger partial charge in [0.25, 0.3) is 0 Å². The topological polar surface area (TPSA) is 12.0 Å². The summed E-state index contributed by atoms with van der Waals surface area (Å²) in [5.74, 6) is 0.902. The Kier molecular flexibility index (Phi) is 4.26. The molecule has 1 saturated carbocycles. The van der Waals surface area contributed by atoms with Crippen LogP contribution < -0.4 is 5.32 Å². The molecule has 17 heavy (non-hydrogen) atoms. The predicted molar refractivity (Wildman–Crippen MR) is 76.8 cm³/mol. The maximum Gasteiger partial charge on any atom is 0.0305 e. The molecule has 2 heteroatoms. The lowest BCUT2D eigenvalue weighted by atomic mass is 9.86. The maximum absolute atomic E-state index is 3.83. The Labute approximate surface area is 110 Å². The van der Waals surface area contributed by atoms with Gasteiger partial charge in [0.1, 0.15) is 0 Å². The van der Waals surface area contributed by atoms with Gasteiger partial charge in [0.15, 0.2) is 0 Å². The third-order valence-electron chi connectivity index (χ3n) is 3.97. The third kappa shape index (κ3) is 3.32. The predicted octanol–water partition coefficient (Wildman–Crippen LogP) is 4.59. The van der Waals surface area contributed by atoms with Gasteiger partial charge in [0.05, 0.1) is 0 Å². The highest BCUT2D eigenvalue weighted by molar-refractivity contribution is 7.12. The molecule has 0 aromatic carbocycles. The number of nitrogens with one attached hydrogen (secondary N) is 1. The van der Waals surface area contributed by atoms with E-state index in [1.807, 2.05) is 11.3 Å². The standard InChI is InChI=1S/C15H25NS/c1-10-6-5-7-14(8-10)16-12(3)15-9-11(2)17-13(15)4/h9-10,12,14,16H,5-8H2,1-4H3. The summed E-state index contributed by atoms with van der Waals surface area (Å²) in [4.78, 5) is 2.91. The average molecular weight is 251 g/mol. The Morgan fingerprint density at radius 1 is 1.35 bits per heavy atom. The van der Waals surface area contributed by atoms with Crippen LogP contribution in [0.2, 0.25) is 0 Å². The van der Waals surface area contributed by atoms with Crippen LogP contribution in [0.3, 0.4) is 0 Å². The van der Waals surface area contributed by atoms with Crippen LogP contribution >= 0.6 is 11.3 Å². The quantitative estimate of drug-likeness (QED) is 0.828. The molecule has 0 amide bonds. The van der Waals surface area contributed by atoms with Gasteiger partial charge in [0.2, 0.25) is 0 Å². The van der Waals surface area contributed by atoms with Crippen molar-refractivity contribution in [3.05, 3.63) is 21.4 Å². The highest BCUT2D eigenvalue weighted by atomic mass is 32.1. The van der Waals surface area contributed by atoms with Gasteiger partial charge in [-0.1, -0.05) is 19.8 Å². The zero-order valence-corrected chi connectivity index (χ0v) is 12.4. The molecule has 1 aliphatic carbocycles. The average Bonchev–Trinajstić information content (AvgIpc) is 2.58. The summed E-state index contributed by atoms with van der Waals surface area (Å²) >= 11 is 1.92. The van der Waals surface area contributed by atoms with Crippen LogP contribution in [0.15, 0.2) is 6.07 Å². The van der Waals surface area contributed by atoms with Crippen LogP contribution in [0.1, 0.15) is 60.9 Å². The number of rotatable bonds is 3. The van der Waals surface area contributed by atoms with Crippen molar-refractivity contribution in [1.82, 2.24) is 5.32 Å².